The van der Waals surface area contributed by atoms with Gasteiger partial charge in [0.05, 0.1) is 0 Å². The van der Waals surface area contributed by atoms with Crippen LogP contribution >= 0.6 is 12.4 Å². The van der Waals surface area contributed by atoms with E-state index >= 15 is 0 Å². The maximum absolute atomic E-state index is 13.1. The molecular weight excluding hydrogens is 243 g/mol. The number of carbonyl (C=O) groups excluding carboxylic acids is 1. The van der Waals surface area contributed by atoms with Crippen LogP contribution in [-0.4, -0.2) is 25.5 Å². The van der Waals surface area contributed by atoms with E-state index in [0.29, 0.717) is 12.1 Å². The van der Waals surface area contributed by atoms with E-state index in [0.717, 1.165) is 5.56 Å². The van der Waals surface area contributed by atoms with E-state index in [1.807, 2.05) is 14.0 Å². The maximum Gasteiger partial charge on any atom is 0.251 e. The first-order valence-electron chi connectivity index (χ1n) is 5.25. The zero-order valence-corrected chi connectivity index (χ0v) is 11.0. The lowest BCUT2D eigenvalue weighted by Crippen LogP contribution is -2.37. The molecule has 0 spiro atoms. The summed E-state index contributed by atoms with van der Waals surface area (Å²) in [4.78, 5) is 11.7. The lowest BCUT2D eigenvalue weighted by molar-refractivity contribution is 0.0950. The van der Waals surface area contributed by atoms with Gasteiger partial charge in [0.1, 0.15) is 5.82 Å². The predicted molar refractivity (Wildman–Crippen MR) is 69.2 cm³/mol. The van der Waals surface area contributed by atoms with Crippen molar-refractivity contribution in [3.8, 4) is 0 Å². The third-order valence-corrected chi connectivity index (χ3v) is 2.37. The average molecular weight is 261 g/mol. The molecule has 0 aliphatic carbocycles. The van der Waals surface area contributed by atoms with Crippen LogP contribution in [0.15, 0.2) is 18.2 Å². The van der Waals surface area contributed by atoms with Crippen LogP contribution < -0.4 is 10.6 Å². The van der Waals surface area contributed by atoms with Crippen molar-refractivity contribution in [1.29, 1.82) is 0 Å². The smallest absolute Gasteiger partial charge is 0.251 e. The van der Waals surface area contributed by atoms with Crippen LogP contribution in [0.25, 0.3) is 0 Å². The number of nitrogens with one attached hydrogen (secondary N) is 2. The maximum atomic E-state index is 13.1. The summed E-state index contributed by atoms with van der Waals surface area (Å²) in [7, 11) is 1.82. The first-order chi connectivity index (χ1) is 7.52. The van der Waals surface area contributed by atoms with Gasteiger partial charge in [0.15, 0.2) is 0 Å². The van der Waals surface area contributed by atoms with Gasteiger partial charge in [0.25, 0.3) is 5.91 Å². The molecule has 1 amide bonds. The molecule has 1 aromatic carbocycles. The first-order valence-corrected chi connectivity index (χ1v) is 5.25. The summed E-state index contributed by atoms with van der Waals surface area (Å²) in [6, 6.07) is 4.50. The molecule has 0 aromatic heterocycles. The second-order valence-electron chi connectivity index (χ2n) is 3.92. The third kappa shape index (κ3) is 5.15. The van der Waals surface area contributed by atoms with E-state index in [1.165, 1.54) is 12.1 Å². The average Bonchev–Trinajstić information content (AvgIpc) is 2.23. The Morgan fingerprint density at radius 3 is 2.59 bits per heavy atom. The molecule has 96 valence electrons. The summed E-state index contributed by atoms with van der Waals surface area (Å²) < 4.78 is 13.1. The molecule has 3 nitrogen and oxygen atoms in total. The third-order valence-electron chi connectivity index (χ3n) is 2.37. The van der Waals surface area contributed by atoms with E-state index in [9.17, 15) is 9.18 Å². The van der Waals surface area contributed by atoms with E-state index in [1.54, 1.807) is 13.0 Å². The number of aryl methyl sites for hydroxylation is 1. The van der Waals surface area contributed by atoms with Crippen molar-refractivity contribution in [3.63, 3.8) is 0 Å². The van der Waals surface area contributed by atoms with Crippen molar-refractivity contribution in [1.82, 2.24) is 10.6 Å². The summed E-state index contributed by atoms with van der Waals surface area (Å²) in [6.07, 6.45) is 0. The molecule has 0 bridgehead atoms. The number of hydrogen-bond acceptors (Lipinski definition) is 2. The predicted octanol–water partition coefficient (Wildman–Crippen LogP) is 1.89. The monoisotopic (exact) mass is 260 g/mol. The molecule has 1 rings (SSSR count). The van der Waals surface area contributed by atoms with Gasteiger partial charge in [-0.25, -0.2) is 4.39 Å². The van der Waals surface area contributed by atoms with Crippen LogP contribution in [0.1, 0.15) is 22.8 Å². The van der Waals surface area contributed by atoms with Gasteiger partial charge in [-0.1, -0.05) is 0 Å². The van der Waals surface area contributed by atoms with Crippen LogP contribution in [0, 0.1) is 12.7 Å². The molecule has 0 fully saturated rings. The van der Waals surface area contributed by atoms with Gasteiger partial charge in [-0.15, -0.1) is 12.4 Å². The van der Waals surface area contributed by atoms with Gasteiger partial charge < -0.3 is 10.6 Å². The highest BCUT2D eigenvalue weighted by atomic mass is 35.5. The summed E-state index contributed by atoms with van der Waals surface area (Å²) in [5, 5.41) is 5.74. The largest absolute Gasteiger partial charge is 0.350 e. The minimum Gasteiger partial charge on any atom is -0.350 e. The van der Waals surface area contributed by atoms with E-state index in [2.05, 4.69) is 10.6 Å². The molecule has 1 atom stereocenters. The number of benzene rings is 1. The number of rotatable bonds is 4. The standard InChI is InChI=1S/C12H17FN2O.ClH/c1-8-4-10(6-11(13)5-8)12(16)15-7-9(2)14-3;/h4-6,9,14H,7H2,1-3H3,(H,15,16);1H. The highest BCUT2D eigenvalue weighted by Crippen LogP contribution is 2.08. The summed E-state index contributed by atoms with van der Waals surface area (Å²) >= 11 is 0. The van der Waals surface area contributed by atoms with Crippen LogP contribution in [0.5, 0.6) is 0 Å². The topological polar surface area (TPSA) is 41.1 Å². The van der Waals surface area contributed by atoms with Gasteiger partial charge >= 0.3 is 0 Å². The van der Waals surface area contributed by atoms with Crippen molar-refractivity contribution in [2.24, 2.45) is 0 Å². The molecule has 0 aliphatic rings. The van der Waals surface area contributed by atoms with Gasteiger partial charge in [-0.3, -0.25) is 4.79 Å². The van der Waals surface area contributed by atoms with Crippen molar-refractivity contribution >= 4 is 18.3 Å². The summed E-state index contributed by atoms with van der Waals surface area (Å²) in [6.45, 7) is 4.23. The van der Waals surface area contributed by atoms with Crippen LogP contribution in [0.4, 0.5) is 4.39 Å². The minimum atomic E-state index is -0.383. The Labute approximate surface area is 107 Å². The number of hydrogen-bond donors (Lipinski definition) is 2. The van der Waals surface area contributed by atoms with Crippen molar-refractivity contribution in [2.75, 3.05) is 13.6 Å². The van der Waals surface area contributed by atoms with Gasteiger partial charge in [-0.05, 0) is 44.7 Å². The molecule has 17 heavy (non-hydrogen) atoms. The molecule has 0 radical (unpaired) electrons. The SMILES string of the molecule is CNC(C)CNC(=O)c1cc(C)cc(F)c1.Cl. The van der Waals surface area contributed by atoms with Crippen LogP contribution in [-0.2, 0) is 0 Å². The Bertz CT molecular complexity index is 365. The van der Waals surface area contributed by atoms with Crippen LogP contribution in [0.3, 0.4) is 0 Å². The van der Waals surface area contributed by atoms with Gasteiger partial charge in [0.2, 0.25) is 0 Å². The number of likely N-dealkylation sites (N-methyl/N-ethyl adjacent to an activating group) is 1. The fourth-order valence-corrected chi connectivity index (χ4v) is 1.32. The second-order valence-corrected chi connectivity index (χ2v) is 3.92. The molecule has 1 aromatic rings. The number of carbonyl (C=O) groups is 1. The van der Waals surface area contributed by atoms with E-state index in [4.69, 9.17) is 0 Å². The molecule has 2 N–H and O–H groups in total. The van der Waals surface area contributed by atoms with Gasteiger partial charge in [-0.2, -0.15) is 0 Å². The second kappa shape index (κ2) is 7.25. The zero-order valence-electron chi connectivity index (χ0n) is 10.2. The molecular formula is C12H18ClFN2O. The normalized spacial score (nSPS) is 11.5. The van der Waals surface area contributed by atoms with E-state index in [-0.39, 0.29) is 30.2 Å². The highest BCUT2D eigenvalue weighted by Gasteiger charge is 2.08. The molecule has 5 heteroatoms. The lowest BCUT2D eigenvalue weighted by Gasteiger charge is -2.11. The summed E-state index contributed by atoms with van der Waals surface area (Å²) in [5.74, 6) is -0.628. The fourth-order valence-electron chi connectivity index (χ4n) is 1.32. The molecule has 0 heterocycles. The molecule has 1 unspecified atom stereocenters. The Kier molecular flexibility index (Phi) is 6.76. The van der Waals surface area contributed by atoms with Crippen molar-refractivity contribution in [3.05, 3.63) is 35.1 Å². The highest BCUT2D eigenvalue weighted by molar-refractivity contribution is 5.94. The minimum absolute atomic E-state index is 0. The zero-order chi connectivity index (χ0) is 12.1. The Hall–Kier alpha value is -1.13. The Morgan fingerprint density at radius 2 is 2.06 bits per heavy atom. The van der Waals surface area contributed by atoms with Crippen molar-refractivity contribution < 1.29 is 9.18 Å². The Morgan fingerprint density at radius 1 is 1.41 bits per heavy atom. The Balaban J connectivity index is 0.00000256. The molecule has 0 saturated heterocycles. The fraction of sp³-hybridized carbons (Fsp3) is 0.417. The van der Waals surface area contributed by atoms with E-state index < -0.39 is 0 Å². The van der Waals surface area contributed by atoms with Gasteiger partial charge in [0, 0.05) is 18.2 Å². The molecule has 0 saturated carbocycles. The van der Waals surface area contributed by atoms with Crippen LogP contribution in [0.2, 0.25) is 0 Å². The number of halogens is 2. The lowest BCUT2D eigenvalue weighted by atomic mass is 10.1. The van der Waals surface area contributed by atoms with Crippen molar-refractivity contribution in [2.45, 2.75) is 19.9 Å². The summed E-state index contributed by atoms with van der Waals surface area (Å²) in [5.41, 5.74) is 1.10. The first kappa shape index (κ1) is 15.9. The number of amides is 1. The molecule has 0 aliphatic heterocycles. The quantitative estimate of drug-likeness (QED) is 0.868.